The average molecular weight is 246 g/mol. The van der Waals surface area contributed by atoms with Gasteiger partial charge in [-0.25, -0.2) is 0 Å². The highest BCUT2D eigenvalue weighted by Crippen LogP contribution is 2.36. The molecule has 0 aromatic heterocycles. The normalized spacial score (nSPS) is 30.5. The van der Waals surface area contributed by atoms with Gasteiger partial charge in [-0.2, -0.15) is 0 Å². The highest BCUT2D eigenvalue weighted by atomic mass is 16.3. The molecule has 18 heavy (non-hydrogen) atoms. The molecule has 1 aromatic carbocycles. The molecule has 2 heterocycles. The summed E-state index contributed by atoms with van der Waals surface area (Å²) in [7, 11) is 0. The van der Waals surface area contributed by atoms with Gasteiger partial charge in [0.05, 0.1) is 0 Å². The van der Waals surface area contributed by atoms with Gasteiger partial charge in [0.1, 0.15) is 0 Å². The first-order valence-electron chi connectivity index (χ1n) is 6.46. The fourth-order valence-electron chi connectivity index (χ4n) is 3.07. The molecule has 3 atom stereocenters. The summed E-state index contributed by atoms with van der Waals surface area (Å²) in [6.07, 6.45) is 0.190. The molecule has 3 unspecified atom stereocenters. The van der Waals surface area contributed by atoms with E-state index in [9.17, 15) is 9.90 Å². The summed E-state index contributed by atoms with van der Waals surface area (Å²) in [5, 5.41) is 12.4. The van der Waals surface area contributed by atoms with Crippen LogP contribution in [0, 0.1) is 5.92 Å². The Bertz CT molecular complexity index is 501. The lowest BCUT2D eigenvalue weighted by Crippen LogP contribution is -2.26. The average Bonchev–Trinajstić information content (AvgIpc) is 2.80. The first kappa shape index (κ1) is 11.5. The molecule has 3 rings (SSSR count). The minimum Gasteiger partial charge on any atom is -0.378 e. The Morgan fingerprint density at radius 2 is 2.17 bits per heavy atom. The van der Waals surface area contributed by atoms with Gasteiger partial charge in [-0.05, 0) is 31.4 Å². The van der Waals surface area contributed by atoms with Gasteiger partial charge in [0.25, 0.3) is 5.91 Å². The van der Waals surface area contributed by atoms with Crippen molar-refractivity contribution in [2.45, 2.75) is 32.4 Å². The van der Waals surface area contributed by atoms with Gasteiger partial charge in [-0.15, -0.1) is 0 Å². The number of anilines is 2. The Hall–Kier alpha value is -1.55. The minimum absolute atomic E-state index is 0.329. The molecule has 0 radical (unpaired) electrons. The molecule has 2 aliphatic rings. The maximum atomic E-state index is 11.4. The smallest absolute Gasteiger partial charge is 0.257 e. The Morgan fingerprint density at radius 1 is 1.39 bits per heavy atom. The predicted octanol–water partition coefficient (Wildman–Crippen LogP) is 1.91. The Labute approximate surface area is 107 Å². The molecule has 96 valence electrons. The van der Waals surface area contributed by atoms with Crippen molar-refractivity contribution in [3.8, 4) is 0 Å². The van der Waals surface area contributed by atoms with Gasteiger partial charge < -0.3 is 15.3 Å². The van der Waals surface area contributed by atoms with Crippen LogP contribution >= 0.6 is 0 Å². The van der Waals surface area contributed by atoms with Gasteiger partial charge in [0.15, 0.2) is 6.10 Å². The third-order valence-electron chi connectivity index (χ3n) is 3.95. The quantitative estimate of drug-likeness (QED) is 0.796. The zero-order valence-corrected chi connectivity index (χ0v) is 10.7. The van der Waals surface area contributed by atoms with Crippen LogP contribution in [0.1, 0.15) is 31.9 Å². The van der Waals surface area contributed by atoms with Crippen molar-refractivity contribution < 1.29 is 9.90 Å². The number of fused-ring (bicyclic) bond motifs is 1. The van der Waals surface area contributed by atoms with Gasteiger partial charge >= 0.3 is 0 Å². The number of amides is 1. The predicted molar refractivity (Wildman–Crippen MR) is 70.6 cm³/mol. The van der Waals surface area contributed by atoms with Crippen LogP contribution in [0.2, 0.25) is 0 Å². The van der Waals surface area contributed by atoms with Crippen LogP contribution in [0.15, 0.2) is 18.2 Å². The summed E-state index contributed by atoms with van der Waals surface area (Å²) in [6, 6.07) is 6.35. The molecule has 2 aliphatic heterocycles. The van der Waals surface area contributed by atoms with Crippen LogP contribution in [0.25, 0.3) is 0 Å². The number of benzene rings is 1. The molecule has 4 nitrogen and oxygen atoms in total. The molecule has 1 amide bonds. The minimum atomic E-state index is -1.01. The second kappa shape index (κ2) is 3.99. The lowest BCUT2D eigenvalue weighted by atomic mass is 10.1. The third-order valence-corrected chi connectivity index (χ3v) is 3.95. The lowest BCUT2D eigenvalue weighted by molar-refractivity contribution is -0.123. The topological polar surface area (TPSA) is 52.6 Å². The number of aliphatic hydroxyl groups excluding tert-OH is 1. The number of rotatable bonds is 1. The van der Waals surface area contributed by atoms with Crippen LogP contribution < -0.4 is 10.2 Å². The van der Waals surface area contributed by atoms with Gasteiger partial charge in [0, 0.05) is 29.5 Å². The number of aliphatic hydroxyl groups is 1. The molecule has 0 aliphatic carbocycles. The molecule has 0 bridgehead atoms. The molecular formula is C14H18N2O2. The number of hydrogen-bond donors (Lipinski definition) is 2. The monoisotopic (exact) mass is 246 g/mol. The maximum Gasteiger partial charge on any atom is 0.257 e. The van der Waals surface area contributed by atoms with E-state index in [0.29, 0.717) is 17.5 Å². The van der Waals surface area contributed by atoms with Crippen molar-refractivity contribution in [3.63, 3.8) is 0 Å². The number of nitrogens with zero attached hydrogens (tertiary/aromatic N) is 1. The largest absolute Gasteiger partial charge is 0.378 e. The van der Waals surface area contributed by atoms with Gasteiger partial charge in [-0.3, -0.25) is 4.79 Å². The molecule has 2 N–H and O–H groups in total. The molecular weight excluding hydrogens is 228 g/mol. The first-order chi connectivity index (χ1) is 8.56. The highest BCUT2D eigenvalue weighted by molar-refractivity contribution is 6.02. The third kappa shape index (κ3) is 1.68. The molecule has 0 saturated carbocycles. The van der Waals surface area contributed by atoms with E-state index in [1.165, 1.54) is 6.42 Å². The van der Waals surface area contributed by atoms with Crippen molar-refractivity contribution >= 4 is 17.3 Å². The summed E-state index contributed by atoms with van der Waals surface area (Å²) in [5.41, 5.74) is 2.56. The summed E-state index contributed by atoms with van der Waals surface area (Å²) in [4.78, 5) is 13.8. The summed E-state index contributed by atoms with van der Waals surface area (Å²) < 4.78 is 0. The lowest BCUT2D eigenvalue weighted by Gasteiger charge is -2.24. The number of carbonyl (C=O) groups is 1. The number of hydrogen-bond acceptors (Lipinski definition) is 3. The van der Waals surface area contributed by atoms with Crippen molar-refractivity contribution in [2.75, 3.05) is 16.8 Å². The highest BCUT2D eigenvalue weighted by Gasteiger charge is 2.31. The summed E-state index contributed by atoms with van der Waals surface area (Å²) in [5.74, 6) is 0.374. The first-order valence-corrected chi connectivity index (χ1v) is 6.46. The zero-order valence-electron chi connectivity index (χ0n) is 10.7. The van der Waals surface area contributed by atoms with E-state index in [2.05, 4.69) is 24.1 Å². The molecule has 1 saturated heterocycles. The van der Waals surface area contributed by atoms with E-state index in [-0.39, 0.29) is 5.91 Å². The Morgan fingerprint density at radius 3 is 2.83 bits per heavy atom. The Balaban J connectivity index is 1.92. The van der Waals surface area contributed by atoms with Crippen LogP contribution in [0.4, 0.5) is 11.4 Å². The second-order valence-corrected chi connectivity index (χ2v) is 5.51. The second-order valence-electron chi connectivity index (χ2n) is 5.51. The maximum absolute atomic E-state index is 11.4. The van der Waals surface area contributed by atoms with E-state index in [0.717, 1.165) is 17.9 Å². The van der Waals surface area contributed by atoms with Crippen molar-refractivity contribution in [1.29, 1.82) is 0 Å². The van der Waals surface area contributed by atoms with Gasteiger partial charge in [0.2, 0.25) is 0 Å². The van der Waals surface area contributed by atoms with Crippen LogP contribution in [0.5, 0.6) is 0 Å². The number of carbonyl (C=O) groups excluding carboxylic acids is 1. The van der Waals surface area contributed by atoms with Crippen molar-refractivity contribution in [3.05, 3.63) is 23.8 Å². The summed E-state index contributed by atoms with van der Waals surface area (Å²) >= 11 is 0. The fraction of sp³-hybridized carbons (Fsp3) is 0.500. The van der Waals surface area contributed by atoms with E-state index in [4.69, 9.17) is 0 Å². The Kier molecular flexibility index (Phi) is 2.55. The van der Waals surface area contributed by atoms with Crippen LogP contribution in [-0.2, 0) is 4.79 Å². The number of nitrogens with one attached hydrogen (secondary N) is 1. The van der Waals surface area contributed by atoms with Crippen molar-refractivity contribution in [1.82, 2.24) is 0 Å². The standard InChI is InChI=1S/C14H18N2O2/c1-8-5-9(2)16(7-8)10-3-4-11-12(6-10)15-14(18)13(11)17/h3-4,6,8-9,13,17H,5,7H2,1-2H3,(H,15,18). The molecule has 1 aromatic rings. The molecule has 0 spiro atoms. The summed E-state index contributed by atoms with van der Waals surface area (Å²) in [6.45, 7) is 5.54. The van der Waals surface area contributed by atoms with E-state index < -0.39 is 6.10 Å². The fourth-order valence-corrected chi connectivity index (χ4v) is 3.07. The molecule has 1 fully saturated rings. The SMILES string of the molecule is CC1CC(C)N(c2ccc3c(c2)NC(=O)C3O)C1. The van der Waals surface area contributed by atoms with Gasteiger partial charge in [-0.1, -0.05) is 13.0 Å². The van der Waals surface area contributed by atoms with E-state index in [1.54, 1.807) is 0 Å². The van der Waals surface area contributed by atoms with Crippen LogP contribution in [-0.4, -0.2) is 23.6 Å². The van der Waals surface area contributed by atoms with E-state index >= 15 is 0 Å². The van der Waals surface area contributed by atoms with E-state index in [1.807, 2.05) is 18.2 Å². The van der Waals surface area contributed by atoms with Crippen LogP contribution in [0.3, 0.4) is 0 Å². The molecule has 4 heteroatoms. The van der Waals surface area contributed by atoms with Crippen molar-refractivity contribution in [2.24, 2.45) is 5.92 Å². The zero-order chi connectivity index (χ0) is 12.9.